The largest absolute Gasteiger partial charge is 0.444 e. The summed E-state index contributed by atoms with van der Waals surface area (Å²) in [5.41, 5.74) is 4.03. The lowest BCUT2D eigenvalue weighted by atomic mass is 9.81. The predicted molar refractivity (Wildman–Crippen MR) is 216 cm³/mol. The van der Waals surface area contributed by atoms with Crippen molar-refractivity contribution in [3.63, 3.8) is 0 Å². The van der Waals surface area contributed by atoms with Crippen LogP contribution in [0.15, 0.2) is 72.8 Å². The van der Waals surface area contributed by atoms with Gasteiger partial charge in [-0.2, -0.15) is 5.21 Å². The number of likely N-dealkylation sites (N-methyl/N-ethyl adjacent to an activating group) is 1. The van der Waals surface area contributed by atoms with Gasteiger partial charge in [-0.25, -0.2) is 4.79 Å². The molecule has 1 atom stereocenters. The molecule has 5 rings (SSSR count). The smallest absolute Gasteiger partial charge is 0.407 e. The molecule has 14 heteroatoms. The zero-order valence-electron chi connectivity index (χ0n) is 33.1. The molecule has 5 N–H and O–H groups in total. The quantitative estimate of drug-likeness (QED) is 0.0969. The number of aromatic amines is 1. The summed E-state index contributed by atoms with van der Waals surface area (Å²) < 4.78 is 5.36. The highest BCUT2D eigenvalue weighted by molar-refractivity contribution is 5.98. The Morgan fingerprint density at radius 2 is 1.57 bits per heavy atom. The van der Waals surface area contributed by atoms with Gasteiger partial charge in [0, 0.05) is 48.8 Å². The summed E-state index contributed by atoms with van der Waals surface area (Å²) in [7, 11) is 0. The Hall–Kier alpha value is -5.63. The number of H-pyrrole nitrogens is 1. The van der Waals surface area contributed by atoms with E-state index in [2.05, 4.69) is 60.6 Å². The van der Waals surface area contributed by atoms with Gasteiger partial charge in [-0.1, -0.05) is 50.2 Å². The first-order valence-electron chi connectivity index (χ1n) is 19.5. The number of nitrogens with zero attached hydrogens (tertiary/aromatic N) is 4. The van der Waals surface area contributed by atoms with Gasteiger partial charge in [0.2, 0.25) is 17.6 Å². The van der Waals surface area contributed by atoms with Crippen molar-refractivity contribution in [2.45, 2.75) is 78.4 Å². The summed E-state index contributed by atoms with van der Waals surface area (Å²) in [6, 6.07) is 21.6. The Kier molecular flexibility index (Phi) is 14.7. The fraction of sp³-hybridized carbons (Fsp3) is 0.452. The second-order valence-corrected chi connectivity index (χ2v) is 15.2. The van der Waals surface area contributed by atoms with Gasteiger partial charge >= 0.3 is 6.09 Å². The van der Waals surface area contributed by atoms with E-state index in [0.717, 1.165) is 54.7 Å². The second kappa shape index (κ2) is 19.8. The molecular weight excluding hydrogens is 711 g/mol. The van der Waals surface area contributed by atoms with Crippen molar-refractivity contribution >= 4 is 29.5 Å². The molecule has 0 bridgehead atoms. The van der Waals surface area contributed by atoms with Crippen molar-refractivity contribution in [2.75, 3.05) is 38.0 Å². The third kappa shape index (κ3) is 12.4. The van der Waals surface area contributed by atoms with Crippen molar-refractivity contribution in [1.29, 1.82) is 0 Å². The molecule has 56 heavy (non-hydrogen) atoms. The monoisotopic (exact) mass is 765 g/mol. The van der Waals surface area contributed by atoms with Crippen LogP contribution in [0, 0.1) is 11.8 Å². The number of benzene rings is 3. The molecule has 3 aromatic carbocycles. The maximum Gasteiger partial charge on any atom is 0.407 e. The molecule has 0 radical (unpaired) electrons. The topological polar surface area (TPSA) is 183 Å². The molecule has 1 heterocycles. The van der Waals surface area contributed by atoms with Crippen LogP contribution in [0.5, 0.6) is 0 Å². The maximum atomic E-state index is 13.9. The lowest BCUT2D eigenvalue weighted by molar-refractivity contribution is -0.130. The number of anilines is 1. The van der Waals surface area contributed by atoms with Crippen LogP contribution in [-0.4, -0.2) is 93.7 Å². The summed E-state index contributed by atoms with van der Waals surface area (Å²) in [6.07, 6.45) is 2.66. The molecule has 1 unspecified atom stereocenters. The number of carbonyl (C=O) groups excluding carboxylic acids is 4. The van der Waals surface area contributed by atoms with E-state index in [-0.39, 0.29) is 36.0 Å². The van der Waals surface area contributed by atoms with Crippen LogP contribution in [0.4, 0.5) is 10.5 Å². The highest BCUT2D eigenvalue weighted by Gasteiger charge is 2.30. The highest BCUT2D eigenvalue weighted by Crippen LogP contribution is 2.29. The first-order chi connectivity index (χ1) is 26.9. The van der Waals surface area contributed by atoms with Gasteiger partial charge in [-0.15, -0.1) is 10.2 Å². The fourth-order valence-electron chi connectivity index (χ4n) is 6.78. The van der Waals surface area contributed by atoms with Gasteiger partial charge in [0.15, 0.2) is 0 Å². The molecule has 1 saturated carbocycles. The molecule has 1 aliphatic rings. The van der Waals surface area contributed by atoms with Gasteiger partial charge < -0.3 is 30.9 Å². The van der Waals surface area contributed by atoms with E-state index in [4.69, 9.17) is 4.74 Å². The average molecular weight is 766 g/mol. The zero-order valence-corrected chi connectivity index (χ0v) is 33.1. The number of carbonyl (C=O) groups is 4. The van der Waals surface area contributed by atoms with E-state index in [9.17, 15) is 19.2 Å². The third-order valence-electron chi connectivity index (χ3n) is 10.00. The molecule has 0 spiro atoms. The molecule has 4 amide bonds. The normalized spacial score (nSPS) is 16.1. The van der Waals surface area contributed by atoms with Crippen LogP contribution in [0.1, 0.15) is 76.2 Å². The van der Waals surface area contributed by atoms with Crippen LogP contribution in [0.2, 0.25) is 0 Å². The fourth-order valence-corrected chi connectivity index (χ4v) is 6.78. The SMILES string of the molecule is CCN(CC)CCNC(=O)c1ccc(-c2cccc(CC(NC(=O)C3CCC(CNC(=O)OC(C)(C)C)CC3)C(=O)Nc3ccc(-c4nn[nH]n4)cc3)c2)cc1. The number of aromatic nitrogens is 4. The van der Waals surface area contributed by atoms with Crippen LogP contribution in [0.3, 0.4) is 0 Å². The number of hydrogen-bond acceptors (Lipinski definition) is 9. The van der Waals surface area contributed by atoms with E-state index in [0.29, 0.717) is 43.0 Å². The Morgan fingerprint density at radius 1 is 0.875 bits per heavy atom. The number of hydrogen-bond donors (Lipinski definition) is 5. The Labute approximate surface area is 328 Å². The molecule has 1 aromatic heterocycles. The minimum Gasteiger partial charge on any atom is -0.444 e. The van der Waals surface area contributed by atoms with Crippen LogP contribution >= 0.6 is 0 Å². The molecule has 0 aliphatic heterocycles. The lowest BCUT2D eigenvalue weighted by Gasteiger charge is -2.29. The van der Waals surface area contributed by atoms with Crippen molar-refractivity contribution < 1.29 is 23.9 Å². The molecule has 14 nitrogen and oxygen atoms in total. The number of ether oxygens (including phenoxy) is 1. The van der Waals surface area contributed by atoms with Crippen molar-refractivity contribution in [3.8, 4) is 22.5 Å². The average Bonchev–Trinajstić information content (AvgIpc) is 3.74. The summed E-state index contributed by atoms with van der Waals surface area (Å²) in [6.45, 7) is 13.4. The number of nitrogens with one attached hydrogen (secondary N) is 5. The number of tetrazole rings is 1. The Bertz CT molecular complexity index is 1880. The molecule has 4 aromatic rings. The first kappa shape index (κ1) is 41.5. The minimum atomic E-state index is -0.858. The highest BCUT2D eigenvalue weighted by atomic mass is 16.6. The van der Waals surface area contributed by atoms with Gasteiger partial charge in [0.1, 0.15) is 11.6 Å². The third-order valence-corrected chi connectivity index (χ3v) is 10.00. The van der Waals surface area contributed by atoms with E-state index in [1.54, 1.807) is 24.3 Å². The summed E-state index contributed by atoms with van der Waals surface area (Å²) in [5, 5.41) is 25.9. The van der Waals surface area contributed by atoms with E-state index >= 15 is 0 Å². The van der Waals surface area contributed by atoms with E-state index < -0.39 is 17.7 Å². The molecule has 298 valence electrons. The number of amides is 4. The van der Waals surface area contributed by atoms with Gasteiger partial charge in [0.25, 0.3) is 5.91 Å². The van der Waals surface area contributed by atoms with E-state index in [1.165, 1.54) is 0 Å². The number of rotatable bonds is 16. The van der Waals surface area contributed by atoms with Crippen LogP contribution < -0.4 is 21.3 Å². The van der Waals surface area contributed by atoms with Crippen LogP contribution in [-0.2, 0) is 20.7 Å². The summed E-state index contributed by atoms with van der Waals surface area (Å²) in [5.74, 6) is -0.202. The predicted octanol–water partition coefficient (Wildman–Crippen LogP) is 5.60. The van der Waals surface area contributed by atoms with E-state index in [1.807, 2.05) is 69.3 Å². The van der Waals surface area contributed by atoms with Crippen molar-refractivity contribution in [1.82, 2.24) is 41.5 Å². The molecule has 1 aliphatic carbocycles. The maximum absolute atomic E-state index is 13.9. The molecule has 1 fully saturated rings. The summed E-state index contributed by atoms with van der Waals surface area (Å²) in [4.78, 5) is 54.8. The zero-order chi connectivity index (χ0) is 40.1. The van der Waals surface area contributed by atoms with Gasteiger partial charge in [0.05, 0.1) is 0 Å². The van der Waals surface area contributed by atoms with Crippen molar-refractivity contribution in [3.05, 3.63) is 83.9 Å². The second-order valence-electron chi connectivity index (χ2n) is 15.2. The standard InChI is InChI=1S/C42H55N9O5/c1-6-51(7-2)24-23-43-38(52)32-17-15-30(16-18-32)34-10-8-9-29(25-34)26-36(40(54)45-35-21-19-31(20-22-35)37-47-49-50-48-37)46-39(53)33-13-11-28(12-14-33)27-44-41(55)56-42(3,4)5/h8-10,15-22,25,28,33,36H,6-7,11-14,23-24,26-27H2,1-5H3,(H,43,52)(H,44,55)(H,45,54)(H,46,53)(H,47,48,49,50). The minimum absolute atomic E-state index is 0.113. The van der Waals surface area contributed by atoms with Gasteiger partial charge in [-0.05, 0) is 124 Å². The summed E-state index contributed by atoms with van der Waals surface area (Å²) >= 11 is 0. The van der Waals surface area contributed by atoms with Crippen molar-refractivity contribution in [2.24, 2.45) is 11.8 Å². The lowest BCUT2D eigenvalue weighted by Crippen LogP contribution is -2.48. The molecule has 0 saturated heterocycles. The Morgan fingerprint density at radius 3 is 2.21 bits per heavy atom. The molecular formula is C42H55N9O5. The van der Waals surface area contributed by atoms with Crippen LogP contribution in [0.25, 0.3) is 22.5 Å². The first-order valence-corrected chi connectivity index (χ1v) is 19.5. The Balaban J connectivity index is 1.24. The number of alkyl carbamates (subject to hydrolysis) is 1. The van der Waals surface area contributed by atoms with Gasteiger partial charge in [-0.3, -0.25) is 14.4 Å².